The van der Waals surface area contributed by atoms with Gasteiger partial charge in [0.15, 0.2) is 6.61 Å². The van der Waals surface area contributed by atoms with Crippen molar-refractivity contribution in [1.29, 1.82) is 0 Å². The molecule has 7 heteroatoms. The van der Waals surface area contributed by atoms with Gasteiger partial charge >= 0.3 is 0 Å². The lowest BCUT2D eigenvalue weighted by Gasteiger charge is -2.08. The van der Waals surface area contributed by atoms with Crippen LogP contribution in [0.25, 0.3) is 0 Å². The molecule has 0 aromatic heterocycles. The van der Waals surface area contributed by atoms with Gasteiger partial charge in [-0.25, -0.2) is 5.43 Å². The Labute approximate surface area is 145 Å². The predicted molar refractivity (Wildman–Crippen MR) is 94.9 cm³/mol. The summed E-state index contributed by atoms with van der Waals surface area (Å²) in [5, 5.41) is 15.0. The fourth-order valence-electron chi connectivity index (χ4n) is 2.14. The molecule has 0 bridgehead atoms. The average Bonchev–Trinajstić information content (AvgIpc) is 2.59. The Morgan fingerprint density at radius 3 is 2.60 bits per heavy atom. The molecule has 0 heterocycles. The van der Waals surface area contributed by atoms with E-state index in [2.05, 4.69) is 10.5 Å². The van der Waals surface area contributed by atoms with Gasteiger partial charge in [-0.15, -0.1) is 0 Å². The molecule has 0 saturated carbocycles. The van der Waals surface area contributed by atoms with Gasteiger partial charge < -0.3 is 4.74 Å². The molecule has 1 amide bonds. The lowest BCUT2D eigenvalue weighted by atomic mass is 10.1. The highest BCUT2D eigenvalue weighted by Gasteiger charge is 2.12. The largest absolute Gasteiger partial charge is 0.483 e. The van der Waals surface area contributed by atoms with Crippen molar-refractivity contribution >= 4 is 17.3 Å². The van der Waals surface area contributed by atoms with Crippen LogP contribution in [0.1, 0.15) is 23.6 Å². The third-order valence-electron chi connectivity index (χ3n) is 3.62. The number of rotatable bonds is 6. The van der Waals surface area contributed by atoms with E-state index < -0.39 is 10.8 Å². The molecule has 7 nitrogen and oxygen atoms in total. The summed E-state index contributed by atoms with van der Waals surface area (Å²) in [7, 11) is 0. The Bertz CT molecular complexity index is 831. The van der Waals surface area contributed by atoms with Gasteiger partial charge in [0.2, 0.25) is 0 Å². The monoisotopic (exact) mass is 341 g/mol. The fourth-order valence-corrected chi connectivity index (χ4v) is 2.14. The molecule has 0 radical (unpaired) electrons. The molecule has 0 aliphatic carbocycles. The molecule has 130 valence electrons. The number of aryl methyl sites for hydroxylation is 2. The number of carbonyl (C=O) groups excluding carboxylic acids is 1. The summed E-state index contributed by atoms with van der Waals surface area (Å²) < 4.78 is 5.43. The number of nitro groups is 1. The van der Waals surface area contributed by atoms with Gasteiger partial charge in [0.1, 0.15) is 5.75 Å². The molecule has 0 aliphatic rings. The van der Waals surface area contributed by atoms with Crippen molar-refractivity contribution in [1.82, 2.24) is 5.43 Å². The maximum Gasteiger partial charge on any atom is 0.277 e. The smallest absolute Gasteiger partial charge is 0.277 e. The molecule has 0 spiro atoms. The Morgan fingerprint density at radius 1 is 1.20 bits per heavy atom. The molecule has 0 aliphatic heterocycles. The molecule has 1 N–H and O–H groups in total. The highest BCUT2D eigenvalue weighted by Crippen LogP contribution is 2.19. The van der Waals surface area contributed by atoms with Crippen molar-refractivity contribution in [2.24, 2.45) is 5.10 Å². The standard InChI is InChI=1S/C18H19N3O4/c1-12-8-9-15(10-16(12)21(23)24)14(3)19-20-18(22)11-25-17-7-5-4-6-13(17)2/h4-10H,11H2,1-3H3,(H,20,22)/b19-14-. The third kappa shape index (κ3) is 4.87. The third-order valence-corrected chi connectivity index (χ3v) is 3.62. The number of hydrogen-bond donors (Lipinski definition) is 1. The van der Waals surface area contributed by atoms with Crippen molar-refractivity contribution in [3.05, 3.63) is 69.3 Å². The molecular formula is C18H19N3O4. The van der Waals surface area contributed by atoms with Gasteiger partial charge in [-0.3, -0.25) is 14.9 Å². The minimum Gasteiger partial charge on any atom is -0.483 e. The van der Waals surface area contributed by atoms with Crippen LogP contribution in [0, 0.1) is 24.0 Å². The van der Waals surface area contributed by atoms with Crippen molar-refractivity contribution in [2.45, 2.75) is 20.8 Å². The zero-order valence-corrected chi connectivity index (χ0v) is 14.3. The zero-order valence-electron chi connectivity index (χ0n) is 14.3. The van der Waals surface area contributed by atoms with Crippen LogP contribution < -0.4 is 10.2 Å². The van der Waals surface area contributed by atoms with E-state index in [9.17, 15) is 14.9 Å². The Balaban J connectivity index is 1.99. The van der Waals surface area contributed by atoms with Gasteiger partial charge in [-0.2, -0.15) is 5.10 Å². The first kappa shape index (κ1) is 18.1. The van der Waals surface area contributed by atoms with Crippen LogP contribution in [0.15, 0.2) is 47.6 Å². The molecule has 0 fully saturated rings. The molecule has 25 heavy (non-hydrogen) atoms. The molecular weight excluding hydrogens is 322 g/mol. The van der Waals surface area contributed by atoms with Crippen molar-refractivity contribution in [2.75, 3.05) is 6.61 Å². The Kier molecular flexibility index (Phi) is 5.84. The second-order valence-electron chi connectivity index (χ2n) is 5.54. The van der Waals surface area contributed by atoms with Crippen LogP contribution in [0.5, 0.6) is 5.75 Å². The average molecular weight is 341 g/mol. The van der Waals surface area contributed by atoms with Gasteiger partial charge in [0.05, 0.1) is 10.6 Å². The summed E-state index contributed by atoms with van der Waals surface area (Å²) in [6.07, 6.45) is 0. The number of nitrogens with one attached hydrogen (secondary N) is 1. The summed E-state index contributed by atoms with van der Waals surface area (Å²) in [4.78, 5) is 22.4. The van der Waals surface area contributed by atoms with Crippen LogP contribution in [0.2, 0.25) is 0 Å². The Morgan fingerprint density at radius 2 is 1.92 bits per heavy atom. The Hall–Kier alpha value is -3.22. The van der Waals surface area contributed by atoms with Gasteiger partial charge in [-0.05, 0) is 32.4 Å². The second kappa shape index (κ2) is 8.05. The number of hydrogen-bond acceptors (Lipinski definition) is 5. The molecule has 2 rings (SSSR count). The van der Waals surface area contributed by atoms with Gasteiger partial charge in [0, 0.05) is 17.2 Å². The minimum atomic E-state index is -0.444. The maximum absolute atomic E-state index is 11.8. The molecule has 2 aromatic carbocycles. The van der Waals surface area contributed by atoms with E-state index in [1.165, 1.54) is 6.07 Å². The van der Waals surface area contributed by atoms with E-state index in [0.29, 0.717) is 22.6 Å². The molecule has 0 unspecified atom stereocenters. The second-order valence-corrected chi connectivity index (χ2v) is 5.54. The summed E-state index contributed by atoms with van der Waals surface area (Å²) in [5.41, 5.74) is 4.93. The normalized spacial score (nSPS) is 11.1. The minimum absolute atomic E-state index is 0.0151. The number of hydrazone groups is 1. The van der Waals surface area contributed by atoms with E-state index in [4.69, 9.17) is 4.74 Å². The summed E-state index contributed by atoms with van der Waals surface area (Å²) >= 11 is 0. The SMILES string of the molecule is C/C(=N/NC(=O)COc1ccccc1C)c1ccc(C)c([N+](=O)[O-])c1. The number of nitrogens with zero attached hydrogens (tertiary/aromatic N) is 2. The van der Waals surface area contributed by atoms with Crippen LogP contribution >= 0.6 is 0 Å². The summed E-state index contributed by atoms with van der Waals surface area (Å²) in [6, 6.07) is 12.2. The maximum atomic E-state index is 11.8. The van der Waals surface area contributed by atoms with Crippen LogP contribution in [-0.2, 0) is 4.79 Å². The molecule has 2 aromatic rings. The van der Waals surface area contributed by atoms with Crippen LogP contribution in [0.3, 0.4) is 0 Å². The van der Waals surface area contributed by atoms with Crippen molar-refractivity contribution < 1.29 is 14.5 Å². The van der Waals surface area contributed by atoms with E-state index in [0.717, 1.165) is 5.56 Å². The highest BCUT2D eigenvalue weighted by atomic mass is 16.6. The van der Waals surface area contributed by atoms with E-state index in [1.807, 2.05) is 25.1 Å². The first-order valence-electron chi connectivity index (χ1n) is 7.65. The van der Waals surface area contributed by atoms with Gasteiger partial charge in [0.25, 0.3) is 11.6 Å². The first-order chi connectivity index (χ1) is 11.9. The number of nitro benzene ring substituents is 1. The number of benzene rings is 2. The number of carbonyl (C=O) groups is 1. The van der Waals surface area contributed by atoms with E-state index >= 15 is 0 Å². The van der Waals surface area contributed by atoms with Gasteiger partial charge in [-0.1, -0.05) is 30.3 Å². The van der Waals surface area contributed by atoms with E-state index in [-0.39, 0.29) is 12.3 Å². The van der Waals surface area contributed by atoms with Crippen molar-refractivity contribution in [3.63, 3.8) is 0 Å². The van der Waals surface area contributed by atoms with Crippen molar-refractivity contribution in [3.8, 4) is 5.75 Å². The number of para-hydroxylation sites is 1. The zero-order chi connectivity index (χ0) is 18.4. The first-order valence-corrected chi connectivity index (χ1v) is 7.65. The predicted octanol–water partition coefficient (Wildman–Crippen LogP) is 3.13. The lowest BCUT2D eigenvalue weighted by molar-refractivity contribution is -0.385. The van der Waals surface area contributed by atoms with Crippen LogP contribution in [0.4, 0.5) is 5.69 Å². The number of ether oxygens (including phenoxy) is 1. The molecule has 0 atom stereocenters. The number of amides is 1. The lowest BCUT2D eigenvalue weighted by Crippen LogP contribution is -2.25. The molecule has 0 saturated heterocycles. The quantitative estimate of drug-likeness (QED) is 0.496. The van der Waals surface area contributed by atoms with E-state index in [1.54, 1.807) is 32.0 Å². The summed E-state index contributed by atoms with van der Waals surface area (Å²) in [5.74, 6) is 0.219. The van der Waals surface area contributed by atoms with Crippen LogP contribution in [-0.4, -0.2) is 23.1 Å². The fraction of sp³-hybridized carbons (Fsp3) is 0.222. The highest BCUT2D eigenvalue weighted by molar-refractivity contribution is 5.99. The topological polar surface area (TPSA) is 93.8 Å². The summed E-state index contributed by atoms with van der Waals surface area (Å²) in [6.45, 7) is 5.05.